The van der Waals surface area contributed by atoms with Gasteiger partial charge in [0, 0.05) is 16.5 Å². The molecule has 138 valence electrons. The molecule has 1 aliphatic carbocycles. The van der Waals surface area contributed by atoms with Crippen LogP contribution < -0.4 is 0 Å². The average Bonchev–Trinajstić information content (AvgIpc) is 3.41. The van der Waals surface area contributed by atoms with Gasteiger partial charge in [0.15, 0.2) is 5.78 Å². The van der Waals surface area contributed by atoms with E-state index >= 15 is 0 Å². The van der Waals surface area contributed by atoms with E-state index in [-0.39, 0.29) is 11.2 Å². The Balaban J connectivity index is 1.56. The first kappa shape index (κ1) is 17.2. The lowest BCUT2D eigenvalue weighted by atomic mass is 9.92. The van der Waals surface area contributed by atoms with Crippen molar-refractivity contribution >= 4 is 27.5 Å². The number of hydrogen-bond acceptors (Lipinski definition) is 4. The summed E-state index contributed by atoms with van der Waals surface area (Å²) < 4.78 is 14.5. The van der Waals surface area contributed by atoms with Crippen molar-refractivity contribution < 1.29 is 9.18 Å². The first-order valence-corrected chi connectivity index (χ1v) is 10.0. The van der Waals surface area contributed by atoms with Crippen molar-refractivity contribution in [3.8, 4) is 10.6 Å². The monoisotopic (exact) mass is 388 g/mol. The van der Waals surface area contributed by atoms with Crippen LogP contribution in [0.4, 0.5) is 4.39 Å². The molecule has 2 aromatic carbocycles. The molecule has 0 N–H and O–H groups in total. The van der Waals surface area contributed by atoms with Gasteiger partial charge in [0.05, 0.1) is 5.69 Å². The summed E-state index contributed by atoms with van der Waals surface area (Å²) in [5.74, 6) is -0.591. The summed E-state index contributed by atoms with van der Waals surface area (Å²) in [5, 5.41) is 0.580. The zero-order valence-corrected chi connectivity index (χ0v) is 16.1. The van der Waals surface area contributed by atoms with Gasteiger partial charge >= 0.3 is 0 Å². The van der Waals surface area contributed by atoms with E-state index < -0.39 is 5.82 Å². The summed E-state index contributed by atoms with van der Waals surface area (Å²) in [7, 11) is 0. The average molecular weight is 388 g/mol. The molecule has 4 aromatic rings. The van der Waals surface area contributed by atoms with Crippen molar-refractivity contribution in [1.82, 2.24) is 9.97 Å². The third-order valence-electron chi connectivity index (χ3n) is 5.43. The molecule has 1 fully saturated rings. The summed E-state index contributed by atoms with van der Waals surface area (Å²) in [6.07, 6.45) is 2.17. The second-order valence-corrected chi connectivity index (χ2v) is 8.22. The molecule has 0 unspecified atom stereocenters. The highest BCUT2D eigenvalue weighted by Crippen LogP contribution is 2.53. The third kappa shape index (κ3) is 2.74. The molecule has 1 saturated carbocycles. The van der Waals surface area contributed by atoms with Crippen molar-refractivity contribution in [1.29, 1.82) is 0 Å². The molecule has 5 heteroatoms. The largest absolute Gasteiger partial charge is 0.295 e. The molecule has 0 saturated heterocycles. The fourth-order valence-electron chi connectivity index (χ4n) is 3.68. The van der Waals surface area contributed by atoms with E-state index in [1.165, 1.54) is 29.9 Å². The lowest BCUT2D eigenvalue weighted by molar-refractivity contribution is 0.101. The minimum atomic E-state index is -0.435. The highest BCUT2D eigenvalue weighted by atomic mass is 32.1. The molecule has 3 nitrogen and oxygen atoms in total. The molecular weight excluding hydrogens is 371 g/mol. The van der Waals surface area contributed by atoms with Gasteiger partial charge in [-0.15, -0.1) is 0 Å². The van der Waals surface area contributed by atoms with E-state index in [1.807, 2.05) is 18.2 Å². The van der Waals surface area contributed by atoms with Gasteiger partial charge < -0.3 is 0 Å². The van der Waals surface area contributed by atoms with Crippen LogP contribution in [0.5, 0.6) is 0 Å². The van der Waals surface area contributed by atoms with Crippen LogP contribution in [-0.4, -0.2) is 15.8 Å². The topological polar surface area (TPSA) is 42.9 Å². The molecule has 2 heterocycles. The van der Waals surface area contributed by atoms with Crippen LogP contribution in [0.1, 0.15) is 41.4 Å². The Hall–Kier alpha value is -2.92. The summed E-state index contributed by atoms with van der Waals surface area (Å²) in [6.45, 7) is 1.43. The van der Waals surface area contributed by atoms with Crippen LogP contribution in [0, 0.1) is 5.82 Å². The number of hydrogen-bond donors (Lipinski definition) is 0. The summed E-state index contributed by atoms with van der Waals surface area (Å²) in [5.41, 5.74) is 3.86. The Morgan fingerprint density at radius 3 is 2.50 bits per heavy atom. The first-order chi connectivity index (χ1) is 13.6. The number of pyridine rings is 1. The maximum Gasteiger partial charge on any atom is 0.159 e. The van der Waals surface area contributed by atoms with Gasteiger partial charge in [-0.2, -0.15) is 0 Å². The van der Waals surface area contributed by atoms with Gasteiger partial charge in [-0.05, 0) is 49.6 Å². The number of benzene rings is 2. The fourth-order valence-corrected chi connectivity index (χ4v) is 4.65. The molecular formula is C23H17FN2OS. The molecule has 0 radical (unpaired) electrons. The van der Waals surface area contributed by atoms with Gasteiger partial charge in [0.25, 0.3) is 0 Å². The predicted molar refractivity (Wildman–Crippen MR) is 109 cm³/mol. The Kier molecular flexibility index (Phi) is 3.88. The molecule has 2 aromatic heterocycles. The van der Waals surface area contributed by atoms with Crippen LogP contribution in [0.25, 0.3) is 20.9 Å². The predicted octanol–water partition coefficient (Wildman–Crippen LogP) is 5.78. The number of ketones is 1. The highest BCUT2D eigenvalue weighted by Gasteiger charge is 2.47. The second kappa shape index (κ2) is 6.31. The fraction of sp³-hybridized carbons (Fsp3) is 0.174. The van der Waals surface area contributed by atoms with Gasteiger partial charge in [0.2, 0.25) is 0 Å². The number of aromatic nitrogens is 2. The van der Waals surface area contributed by atoms with Crippen molar-refractivity contribution in [3.05, 3.63) is 83.3 Å². The normalized spacial score (nSPS) is 14.9. The number of nitrogens with zero attached hydrogens (tertiary/aromatic N) is 2. The van der Waals surface area contributed by atoms with Crippen molar-refractivity contribution in [2.75, 3.05) is 0 Å². The minimum absolute atomic E-state index is 0.00596. The SMILES string of the molecule is CC(=O)c1ccc(-c2nc3ccc(C4(c5ccccc5)CC4)nc3s2)c(F)c1. The first-order valence-electron chi connectivity index (χ1n) is 9.21. The minimum Gasteiger partial charge on any atom is -0.295 e. The van der Waals surface area contributed by atoms with Gasteiger partial charge in [-0.1, -0.05) is 47.7 Å². The maximum atomic E-state index is 14.5. The molecule has 0 spiro atoms. The molecule has 0 aliphatic heterocycles. The smallest absolute Gasteiger partial charge is 0.159 e. The molecule has 0 bridgehead atoms. The summed E-state index contributed by atoms with van der Waals surface area (Å²) in [6, 6.07) is 19.0. The van der Waals surface area contributed by atoms with Crippen LogP contribution in [0.15, 0.2) is 60.7 Å². The number of fused-ring (bicyclic) bond motifs is 1. The zero-order valence-electron chi connectivity index (χ0n) is 15.3. The van der Waals surface area contributed by atoms with Crippen molar-refractivity contribution in [2.24, 2.45) is 0 Å². The number of carbonyl (C=O) groups is 1. The Labute approximate surface area is 165 Å². The van der Waals surface area contributed by atoms with Crippen molar-refractivity contribution in [3.63, 3.8) is 0 Å². The summed E-state index contributed by atoms with van der Waals surface area (Å²) in [4.78, 5) is 21.7. The highest BCUT2D eigenvalue weighted by molar-refractivity contribution is 7.21. The van der Waals surface area contributed by atoms with Crippen LogP contribution in [-0.2, 0) is 5.41 Å². The van der Waals surface area contributed by atoms with E-state index in [0.29, 0.717) is 16.1 Å². The third-order valence-corrected chi connectivity index (χ3v) is 6.43. The quantitative estimate of drug-likeness (QED) is 0.416. The van der Waals surface area contributed by atoms with E-state index in [9.17, 15) is 9.18 Å². The van der Waals surface area contributed by atoms with E-state index in [1.54, 1.807) is 12.1 Å². The second-order valence-electron chi connectivity index (χ2n) is 7.24. The van der Waals surface area contributed by atoms with Crippen molar-refractivity contribution in [2.45, 2.75) is 25.2 Å². The van der Waals surface area contributed by atoms with Crippen LogP contribution in [0.2, 0.25) is 0 Å². The van der Waals surface area contributed by atoms with E-state index in [4.69, 9.17) is 4.98 Å². The standard InChI is InChI=1S/C23H17FN2OS/c1-14(27)15-7-8-17(18(24)13-15)21-25-19-9-10-20(26-22(19)28-21)23(11-12-23)16-5-3-2-4-6-16/h2-10,13H,11-12H2,1H3. The number of Topliss-reactive ketones (excluding diaryl/α,β-unsaturated/α-hetero) is 1. The summed E-state index contributed by atoms with van der Waals surface area (Å²) >= 11 is 1.38. The maximum absolute atomic E-state index is 14.5. The van der Waals surface area contributed by atoms with E-state index in [2.05, 4.69) is 29.2 Å². The van der Waals surface area contributed by atoms with E-state index in [0.717, 1.165) is 28.9 Å². The lowest BCUT2D eigenvalue weighted by Gasteiger charge is -2.14. The van der Waals surface area contributed by atoms with Crippen LogP contribution in [0.3, 0.4) is 0 Å². The number of halogens is 1. The van der Waals surface area contributed by atoms with Gasteiger partial charge in [-0.3, -0.25) is 4.79 Å². The molecule has 1 aliphatic rings. The molecule has 0 amide bonds. The lowest BCUT2D eigenvalue weighted by Crippen LogP contribution is -2.10. The number of rotatable bonds is 4. The Bertz CT molecular complexity index is 1210. The van der Waals surface area contributed by atoms with Gasteiger partial charge in [-0.25, -0.2) is 14.4 Å². The van der Waals surface area contributed by atoms with Crippen LogP contribution >= 0.6 is 11.3 Å². The van der Waals surface area contributed by atoms with Gasteiger partial charge in [0.1, 0.15) is 21.2 Å². The number of carbonyl (C=O) groups excluding carboxylic acids is 1. The molecule has 5 rings (SSSR count). The zero-order chi connectivity index (χ0) is 19.3. The Morgan fingerprint density at radius 1 is 1.04 bits per heavy atom. The molecule has 28 heavy (non-hydrogen) atoms. The molecule has 0 atom stereocenters. The Morgan fingerprint density at radius 2 is 1.82 bits per heavy atom. The number of thiazole rings is 1.